The zero-order chi connectivity index (χ0) is 8.27. The molecule has 1 heterocycles. The van der Waals surface area contributed by atoms with Crippen LogP contribution < -0.4 is 4.74 Å². The Morgan fingerprint density at radius 2 is 2.36 bits per heavy atom. The largest absolute Gasteiger partial charge is 0.479 e. The first kappa shape index (κ1) is 7.65. The van der Waals surface area contributed by atoms with Gasteiger partial charge in [0.25, 0.3) is 0 Å². The van der Waals surface area contributed by atoms with Crippen LogP contribution >= 0.6 is 0 Å². The highest BCUT2D eigenvalue weighted by Gasteiger charge is 2.03. The molecule has 0 aromatic carbocycles. The molecule has 0 saturated carbocycles. The molecule has 0 atom stereocenters. The Kier molecular flexibility index (Phi) is 2.15. The van der Waals surface area contributed by atoms with Crippen molar-refractivity contribution >= 4 is 6.29 Å². The number of carbonyl (C=O) groups is 1. The van der Waals surface area contributed by atoms with Crippen molar-refractivity contribution in [3.63, 3.8) is 0 Å². The number of aryl methyl sites for hydroxylation is 1. The Morgan fingerprint density at radius 3 is 2.91 bits per heavy atom. The third kappa shape index (κ3) is 1.52. The number of hydrogen-bond donors (Lipinski definition) is 0. The summed E-state index contributed by atoms with van der Waals surface area (Å²) < 4.78 is 4.81. The number of aromatic nitrogens is 2. The standard InChI is InChI=1S/C7H8N2O2/c1-5-3-8-6(4-10)7(9-5)11-2/h3-4H,1-2H3. The van der Waals surface area contributed by atoms with E-state index in [-0.39, 0.29) is 11.6 Å². The van der Waals surface area contributed by atoms with E-state index in [1.807, 2.05) is 0 Å². The van der Waals surface area contributed by atoms with Gasteiger partial charge in [0.15, 0.2) is 12.0 Å². The lowest BCUT2D eigenvalue weighted by Crippen LogP contribution is -1.98. The molecule has 0 radical (unpaired) electrons. The summed E-state index contributed by atoms with van der Waals surface area (Å²) >= 11 is 0. The van der Waals surface area contributed by atoms with Crippen molar-refractivity contribution in [2.75, 3.05) is 7.11 Å². The lowest BCUT2D eigenvalue weighted by atomic mass is 10.4. The Balaban J connectivity index is 3.16. The fourth-order valence-electron chi connectivity index (χ4n) is 0.696. The fraction of sp³-hybridized carbons (Fsp3) is 0.286. The maximum atomic E-state index is 10.3. The number of rotatable bonds is 2. The van der Waals surface area contributed by atoms with E-state index in [4.69, 9.17) is 4.74 Å². The topological polar surface area (TPSA) is 52.1 Å². The summed E-state index contributed by atoms with van der Waals surface area (Å²) in [5.74, 6) is 0.278. The molecular formula is C7H8N2O2. The van der Waals surface area contributed by atoms with Gasteiger partial charge in [0.2, 0.25) is 5.88 Å². The third-order valence-electron chi connectivity index (χ3n) is 1.19. The van der Waals surface area contributed by atoms with E-state index in [9.17, 15) is 4.79 Å². The number of hydrogen-bond acceptors (Lipinski definition) is 4. The highest BCUT2D eigenvalue weighted by molar-refractivity contribution is 5.74. The molecule has 4 heteroatoms. The lowest BCUT2D eigenvalue weighted by Gasteiger charge is -2.00. The zero-order valence-corrected chi connectivity index (χ0v) is 6.37. The number of nitrogens with zero attached hydrogens (tertiary/aromatic N) is 2. The molecule has 1 aromatic heterocycles. The van der Waals surface area contributed by atoms with Gasteiger partial charge in [-0.2, -0.15) is 0 Å². The molecule has 0 saturated heterocycles. The Morgan fingerprint density at radius 1 is 1.64 bits per heavy atom. The first-order valence-electron chi connectivity index (χ1n) is 3.10. The summed E-state index contributed by atoms with van der Waals surface area (Å²) in [5.41, 5.74) is 0.963. The van der Waals surface area contributed by atoms with Gasteiger partial charge in [0, 0.05) is 6.20 Å². The quantitative estimate of drug-likeness (QED) is 0.582. The highest BCUT2D eigenvalue weighted by atomic mass is 16.5. The van der Waals surface area contributed by atoms with Crippen LogP contribution in [0.1, 0.15) is 16.2 Å². The molecular weight excluding hydrogens is 144 g/mol. The number of aldehydes is 1. The molecule has 0 aliphatic rings. The zero-order valence-electron chi connectivity index (χ0n) is 6.37. The average Bonchev–Trinajstić information content (AvgIpc) is 2.04. The Bertz CT molecular complexity index is 273. The normalized spacial score (nSPS) is 9.27. The minimum Gasteiger partial charge on any atom is -0.479 e. The summed E-state index contributed by atoms with van der Waals surface area (Å²) in [5, 5.41) is 0. The van der Waals surface area contributed by atoms with Crippen molar-refractivity contribution in [3.05, 3.63) is 17.6 Å². The summed E-state index contributed by atoms with van der Waals surface area (Å²) in [6, 6.07) is 0. The van der Waals surface area contributed by atoms with Crippen molar-refractivity contribution in [2.24, 2.45) is 0 Å². The van der Waals surface area contributed by atoms with Gasteiger partial charge in [-0.3, -0.25) is 4.79 Å². The second kappa shape index (κ2) is 3.09. The monoisotopic (exact) mass is 152 g/mol. The van der Waals surface area contributed by atoms with Gasteiger partial charge in [-0.15, -0.1) is 0 Å². The average molecular weight is 152 g/mol. The van der Waals surface area contributed by atoms with Crippen LogP contribution in [0.15, 0.2) is 6.20 Å². The van der Waals surface area contributed by atoms with Crippen LogP contribution in [-0.4, -0.2) is 23.4 Å². The van der Waals surface area contributed by atoms with Crippen LogP contribution in [0, 0.1) is 6.92 Å². The van der Waals surface area contributed by atoms with Crippen LogP contribution in [0.2, 0.25) is 0 Å². The van der Waals surface area contributed by atoms with Gasteiger partial charge in [-0.1, -0.05) is 0 Å². The van der Waals surface area contributed by atoms with Gasteiger partial charge in [0.05, 0.1) is 12.8 Å². The predicted molar refractivity (Wildman–Crippen MR) is 38.7 cm³/mol. The molecule has 1 aromatic rings. The minimum absolute atomic E-state index is 0.234. The van der Waals surface area contributed by atoms with Crippen LogP contribution in [0.25, 0.3) is 0 Å². The maximum Gasteiger partial charge on any atom is 0.243 e. The van der Waals surface area contributed by atoms with Crippen LogP contribution in [0.3, 0.4) is 0 Å². The van der Waals surface area contributed by atoms with Gasteiger partial charge < -0.3 is 4.74 Å². The molecule has 58 valence electrons. The van der Waals surface area contributed by atoms with Crippen molar-refractivity contribution in [3.8, 4) is 5.88 Å². The van der Waals surface area contributed by atoms with Gasteiger partial charge in [0.1, 0.15) is 0 Å². The lowest BCUT2D eigenvalue weighted by molar-refractivity contribution is 0.111. The van der Waals surface area contributed by atoms with Crippen LogP contribution in [-0.2, 0) is 0 Å². The highest BCUT2D eigenvalue weighted by Crippen LogP contribution is 2.08. The molecule has 0 N–H and O–H groups in total. The second-order valence-corrected chi connectivity index (χ2v) is 2.02. The summed E-state index contributed by atoms with van der Waals surface area (Å²) in [7, 11) is 1.45. The SMILES string of the molecule is COc1nc(C)cnc1C=O. The van der Waals surface area contributed by atoms with Crippen LogP contribution in [0.5, 0.6) is 5.88 Å². The first-order chi connectivity index (χ1) is 5.27. The predicted octanol–water partition coefficient (Wildman–Crippen LogP) is 0.606. The first-order valence-corrected chi connectivity index (χ1v) is 3.10. The molecule has 0 unspecified atom stereocenters. The molecule has 0 bridgehead atoms. The smallest absolute Gasteiger partial charge is 0.243 e. The van der Waals surface area contributed by atoms with E-state index in [0.29, 0.717) is 6.29 Å². The maximum absolute atomic E-state index is 10.3. The van der Waals surface area contributed by atoms with E-state index >= 15 is 0 Å². The van der Waals surface area contributed by atoms with Crippen molar-refractivity contribution in [1.29, 1.82) is 0 Å². The van der Waals surface area contributed by atoms with E-state index in [2.05, 4.69) is 9.97 Å². The molecule has 0 aliphatic carbocycles. The molecule has 4 nitrogen and oxygen atoms in total. The summed E-state index contributed by atoms with van der Waals surface area (Å²) in [6.07, 6.45) is 2.14. The fourth-order valence-corrected chi connectivity index (χ4v) is 0.696. The van der Waals surface area contributed by atoms with Crippen molar-refractivity contribution in [1.82, 2.24) is 9.97 Å². The molecule has 0 spiro atoms. The van der Waals surface area contributed by atoms with E-state index < -0.39 is 0 Å². The van der Waals surface area contributed by atoms with Gasteiger partial charge in [-0.25, -0.2) is 9.97 Å². The summed E-state index contributed by atoms with van der Waals surface area (Å²) in [6.45, 7) is 1.78. The Labute approximate surface area is 64.2 Å². The number of ether oxygens (including phenoxy) is 1. The van der Waals surface area contributed by atoms with E-state index in [1.165, 1.54) is 13.3 Å². The van der Waals surface area contributed by atoms with Gasteiger partial charge >= 0.3 is 0 Å². The third-order valence-corrected chi connectivity index (χ3v) is 1.19. The Hall–Kier alpha value is -1.45. The number of methoxy groups -OCH3 is 1. The molecule has 0 fully saturated rings. The van der Waals surface area contributed by atoms with E-state index in [0.717, 1.165) is 5.69 Å². The van der Waals surface area contributed by atoms with Crippen molar-refractivity contribution < 1.29 is 9.53 Å². The van der Waals surface area contributed by atoms with Crippen LogP contribution in [0.4, 0.5) is 0 Å². The number of carbonyl (C=O) groups excluding carboxylic acids is 1. The van der Waals surface area contributed by atoms with Gasteiger partial charge in [-0.05, 0) is 6.92 Å². The molecule has 0 amide bonds. The van der Waals surface area contributed by atoms with E-state index in [1.54, 1.807) is 6.92 Å². The minimum atomic E-state index is 0.234. The molecule has 11 heavy (non-hydrogen) atoms. The summed E-state index contributed by atoms with van der Waals surface area (Å²) in [4.78, 5) is 18.1. The van der Waals surface area contributed by atoms with Crippen molar-refractivity contribution in [2.45, 2.75) is 6.92 Å². The molecule has 1 rings (SSSR count). The molecule has 0 aliphatic heterocycles. The second-order valence-electron chi connectivity index (χ2n) is 2.02.